The van der Waals surface area contributed by atoms with Gasteiger partial charge >= 0.3 is 0 Å². The second-order valence-electron chi connectivity index (χ2n) is 7.19. The average molecular weight is 354 g/mol. The van der Waals surface area contributed by atoms with E-state index in [1.54, 1.807) is 0 Å². The van der Waals surface area contributed by atoms with Gasteiger partial charge < -0.3 is 15.5 Å². The number of benzene rings is 1. The summed E-state index contributed by atoms with van der Waals surface area (Å²) in [5, 5.41) is 14.9. The number of carbonyl (C=O) groups is 1. The van der Waals surface area contributed by atoms with Crippen molar-refractivity contribution in [1.29, 1.82) is 0 Å². The number of aromatic nitrogens is 3. The van der Waals surface area contributed by atoms with Crippen molar-refractivity contribution in [2.24, 2.45) is 0 Å². The van der Waals surface area contributed by atoms with Crippen LogP contribution in [-0.2, 0) is 0 Å². The molecular weight excluding hydrogens is 328 g/mol. The zero-order chi connectivity index (χ0) is 17.9. The summed E-state index contributed by atoms with van der Waals surface area (Å²) < 4.78 is 1.93. The second kappa shape index (κ2) is 7.45. The number of piperidine rings is 1. The summed E-state index contributed by atoms with van der Waals surface area (Å²) in [6.45, 7) is 5.71. The maximum absolute atomic E-state index is 12.7. The van der Waals surface area contributed by atoms with Crippen molar-refractivity contribution < 1.29 is 4.79 Å². The van der Waals surface area contributed by atoms with Crippen LogP contribution in [0.5, 0.6) is 0 Å². The van der Waals surface area contributed by atoms with Gasteiger partial charge in [-0.15, -0.1) is 5.10 Å². The molecule has 0 saturated carbocycles. The summed E-state index contributed by atoms with van der Waals surface area (Å²) in [6, 6.07) is 10.8. The van der Waals surface area contributed by atoms with Crippen LogP contribution in [0.3, 0.4) is 0 Å². The molecule has 2 N–H and O–H groups in total. The Balaban J connectivity index is 1.39. The van der Waals surface area contributed by atoms with Gasteiger partial charge in [0.05, 0.1) is 11.7 Å². The Labute approximate surface area is 153 Å². The highest BCUT2D eigenvalue weighted by Gasteiger charge is 2.27. The van der Waals surface area contributed by atoms with Gasteiger partial charge in [-0.05, 0) is 51.4 Å². The Morgan fingerprint density at radius 1 is 1.19 bits per heavy atom. The minimum absolute atomic E-state index is 0.109. The third-order valence-corrected chi connectivity index (χ3v) is 5.44. The highest BCUT2D eigenvalue weighted by atomic mass is 16.2. The van der Waals surface area contributed by atoms with E-state index in [9.17, 15) is 4.79 Å². The van der Waals surface area contributed by atoms with E-state index in [1.165, 1.54) is 5.69 Å². The highest BCUT2D eigenvalue weighted by Crippen LogP contribution is 2.22. The van der Waals surface area contributed by atoms with Gasteiger partial charge in [0.1, 0.15) is 0 Å². The molecule has 2 fully saturated rings. The molecule has 4 rings (SSSR count). The van der Waals surface area contributed by atoms with E-state index in [4.69, 9.17) is 0 Å². The molecule has 0 aliphatic carbocycles. The summed E-state index contributed by atoms with van der Waals surface area (Å²) in [4.78, 5) is 15.0. The van der Waals surface area contributed by atoms with Crippen LogP contribution in [0.25, 0.3) is 0 Å². The topological polar surface area (TPSA) is 75.1 Å². The molecule has 0 radical (unpaired) electrons. The Morgan fingerprint density at radius 3 is 2.73 bits per heavy atom. The van der Waals surface area contributed by atoms with Gasteiger partial charge in [-0.25, -0.2) is 4.68 Å². The van der Waals surface area contributed by atoms with Crippen molar-refractivity contribution in [2.45, 2.75) is 38.3 Å². The lowest BCUT2D eigenvalue weighted by molar-refractivity contribution is 0.0934. The summed E-state index contributed by atoms with van der Waals surface area (Å²) in [5.41, 5.74) is 2.53. The van der Waals surface area contributed by atoms with Crippen molar-refractivity contribution >= 4 is 11.6 Å². The Morgan fingerprint density at radius 2 is 1.96 bits per heavy atom. The third kappa shape index (κ3) is 3.44. The number of nitrogens with zero attached hydrogens (tertiary/aromatic N) is 4. The predicted molar refractivity (Wildman–Crippen MR) is 100 cm³/mol. The molecular formula is C19H26N6O. The molecule has 1 atom stereocenters. The van der Waals surface area contributed by atoms with Gasteiger partial charge in [-0.2, -0.15) is 0 Å². The van der Waals surface area contributed by atoms with Gasteiger partial charge in [0.25, 0.3) is 5.91 Å². The van der Waals surface area contributed by atoms with E-state index in [2.05, 4.69) is 38.0 Å². The number of hydrogen-bond donors (Lipinski definition) is 2. The molecule has 7 heteroatoms. The number of para-hydroxylation sites is 1. The van der Waals surface area contributed by atoms with Crippen molar-refractivity contribution in [3.05, 3.63) is 41.7 Å². The van der Waals surface area contributed by atoms with E-state index >= 15 is 0 Å². The first-order valence-electron chi connectivity index (χ1n) is 9.46. The van der Waals surface area contributed by atoms with E-state index in [-0.39, 0.29) is 11.9 Å². The lowest BCUT2D eigenvalue weighted by Crippen LogP contribution is -2.37. The smallest absolute Gasteiger partial charge is 0.274 e. The van der Waals surface area contributed by atoms with Crippen LogP contribution in [0.1, 0.15) is 41.5 Å². The van der Waals surface area contributed by atoms with E-state index in [0.717, 1.165) is 51.1 Å². The molecule has 7 nitrogen and oxygen atoms in total. The second-order valence-corrected chi connectivity index (χ2v) is 7.19. The third-order valence-electron chi connectivity index (χ3n) is 5.44. The highest BCUT2D eigenvalue weighted by molar-refractivity contribution is 5.93. The lowest BCUT2D eigenvalue weighted by Gasteiger charge is -2.23. The molecule has 26 heavy (non-hydrogen) atoms. The monoisotopic (exact) mass is 354 g/mol. The maximum Gasteiger partial charge on any atom is 0.274 e. The molecule has 1 unspecified atom stereocenters. The minimum atomic E-state index is -0.109. The van der Waals surface area contributed by atoms with Gasteiger partial charge in [-0.3, -0.25) is 4.79 Å². The van der Waals surface area contributed by atoms with Crippen LogP contribution in [-0.4, -0.2) is 53.1 Å². The summed E-state index contributed by atoms with van der Waals surface area (Å²) in [7, 11) is 0. The molecule has 1 amide bonds. The summed E-state index contributed by atoms with van der Waals surface area (Å²) in [5.74, 6) is -0.109. The summed E-state index contributed by atoms with van der Waals surface area (Å²) >= 11 is 0. The Kier molecular flexibility index (Phi) is 4.88. The number of hydrogen-bond acceptors (Lipinski definition) is 5. The first kappa shape index (κ1) is 17.0. The molecule has 138 valence electrons. The van der Waals surface area contributed by atoms with Crippen LogP contribution in [0.2, 0.25) is 0 Å². The normalized spacial score (nSPS) is 21.1. The standard InChI is InChI=1S/C19H26N6O/c1-14-18(22-23-25(14)17-7-10-20-11-8-17)19(26)21-15-9-12-24(13-15)16-5-3-2-4-6-16/h2-6,15,17,20H,7-13H2,1H3,(H,21,26). The molecule has 2 aliphatic heterocycles. The minimum Gasteiger partial charge on any atom is -0.369 e. The zero-order valence-corrected chi connectivity index (χ0v) is 15.2. The van der Waals surface area contributed by atoms with Crippen molar-refractivity contribution in [3.63, 3.8) is 0 Å². The molecule has 3 heterocycles. The summed E-state index contributed by atoms with van der Waals surface area (Å²) in [6.07, 6.45) is 3.00. The fourth-order valence-corrected chi connectivity index (χ4v) is 3.95. The van der Waals surface area contributed by atoms with Gasteiger partial charge in [0.2, 0.25) is 0 Å². The van der Waals surface area contributed by atoms with Crippen LogP contribution in [0.4, 0.5) is 5.69 Å². The number of nitrogens with one attached hydrogen (secondary N) is 2. The number of carbonyl (C=O) groups excluding carboxylic acids is 1. The number of rotatable bonds is 4. The molecule has 2 saturated heterocycles. The van der Waals surface area contributed by atoms with Gasteiger partial charge in [0, 0.05) is 24.8 Å². The van der Waals surface area contributed by atoms with Crippen LogP contribution >= 0.6 is 0 Å². The molecule has 0 spiro atoms. The Bertz CT molecular complexity index is 753. The quantitative estimate of drug-likeness (QED) is 0.871. The SMILES string of the molecule is Cc1c(C(=O)NC2CCN(c3ccccc3)C2)nnn1C1CCNCC1. The van der Waals surface area contributed by atoms with E-state index < -0.39 is 0 Å². The fourth-order valence-electron chi connectivity index (χ4n) is 3.95. The van der Waals surface area contributed by atoms with Crippen molar-refractivity contribution in [1.82, 2.24) is 25.6 Å². The van der Waals surface area contributed by atoms with Crippen LogP contribution in [0.15, 0.2) is 30.3 Å². The Hall–Kier alpha value is -2.41. The van der Waals surface area contributed by atoms with Crippen LogP contribution < -0.4 is 15.5 Å². The molecule has 2 aliphatic rings. The zero-order valence-electron chi connectivity index (χ0n) is 15.2. The molecule has 0 bridgehead atoms. The average Bonchev–Trinajstić information content (AvgIpc) is 3.30. The molecule has 1 aromatic carbocycles. The lowest BCUT2D eigenvalue weighted by atomic mass is 10.1. The van der Waals surface area contributed by atoms with Gasteiger partial charge in [0.15, 0.2) is 5.69 Å². The van der Waals surface area contributed by atoms with E-state index in [1.807, 2.05) is 29.8 Å². The maximum atomic E-state index is 12.7. The number of anilines is 1. The first-order chi connectivity index (χ1) is 12.7. The molecule has 2 aromatic rings. The number of amides is 1. The van der Waals surface area contributed by atoms with Crippen molar-refractivity contribution in [2.75, 3.05) is 31.1 Å². The van der Waals surface area contributed by atoms with Crippen molar-refractivity contribution in [3.8, 4) is 0 Å². The predicted octanol–water partition coefficient (Wildman–Crippen LogP) is 1.52. The molecule has 1 aromatic heterocycles. The van der Waals surface area contributed by atoms with Gasteiger partial charge in [-0.1, -0.05) is 23.4 Å². The van der Waals surface area contributed by atoms with Crippen LogP contribution in [0, 0.1) is 6.92 Å². The largest absolute Gasteiger partial charge is 0.369 e. The fraction of sp³-hybridized carbons (Fsp3) is 0.526. The first-order valence-corrected chi connectivity index (χ1v) is 9.46. The van der Waals surface area contributed by atoms with E-state index in [0.29, 0.717) is 11.7 Å².